The Morgan fingerprint density at radius 3 is 2.59 bits per heavy atom. The summed E-state index contributed by atoms with van der Waals surface area (Å²) in [5, 5.41) is 2.46. The van der Waals surface area contributed by atoms with Gasteiger partial charge in [0.1, 0.15) is 0 Å². The third-order valence-corrected chi connectivity index (χ3v) is 2.98. The van der Waals surface area contributed by atoms with E-state index in [-0.39, 0.29) is 0 Å². The van der Waals surface area contributed by atoms with Crippen LogP contribution >= 0.6 is 0 Å². The summed E-state index contributed by atoms with van der Waals surface area (Å²) in [5.41, 5.74) is 3.78. The molecular weight excluding hydrogens is 206 g/mol. The van der Waals surface area contributed by atoms with Crippen molar-refractivity contribution in [3.8, 4) is 11.1 Å². The minimum atomic E-state index is 1.21. The summed E-state index contributed by atoms with van der Waals surface area (Å²) in [4.78, 5) is 4.23. The highest BCUT2D eigenvalue weighted by Crippen LogP contribution is 2.29. The molecular formula is C16H13N. The van der Waals surface area contributed by atoms with E-state index in [1.807, 2.05) is 18.5 Å². The second kappa shape index (κ2) is 4.02. The second-order valence-electron chi connectivity index (χ2n) is 4.28. The smallest absolute Gasteiger partial charge is 0.0352 e. The van der Waals surface area contributed by atoms with Gasteiger partial charge in [0, 0.05) is 17.8 Å². The largest absolute Gasteiger partial charge is 0.264 e. The van der Waals surface area contributed by atoms with Crippen molar-refractivity contribution in [2.75, 3.05) is 0 Å². The van der Waals surface area contributed by atoms with Crippen LogP contribution < -0.4 is 0 Å². The Bertz CT molecular complexity index is 657. The molecule has 0 amide bonds. The first-order valence-electron chi connectivity index (χ1n) is 5.74. The SMILES string of the molecule is Cc1cc(-c2ccccc2)c2cnccc2c1. The van der Waals surface area contributed by atoms with Crippen molar-refractivity contribution in [3.63, 3.8) is 0 Å². The molecule has 1 heterocycles. The topological polar surface area (TPSA) is 12.9 Å². The van der Waals surface area contributed by atoms with Crippen LogP contribution in [0.4, 0.5) is 0 Å². The van der Waals surface area contributed by atoms with Crippen molar-refractivity contribution in [2.45, 2.75) is 6.92 Å². The van der Waals surface area contributed by atoms with Crippen LogP contribution in [-0.2, 0) is 0 Å². The van der Waals surface area contributed by atoms with Gasteiger partial charge in [-0.15, -0.1) is 0 Å². The van der Waals surface area contributed by atoms with E-state index in [9.17, 15) is 0 Å². The van der Waals surface area contributed by atoms with E-state index in [0.717, 1.165) is 0 Å². The van der Waals surface area contributed by atoms with Crippen LogP contribution in [0.5, 0.6) is 0 Å². The molecule has 3 rings (SSSR count). The Hall–Kier alpha value is -2.15. The number of hydrogen-bond acceptors (Lipinski definition) is 1. The normalized spacial score (nSPS) is 10.6. The molecule has 0 saturated carbocycles. The zero-order valence-electron chi connectivity index (χ0n) is 9.72. The molecule has 1 nitrogen and oxygen atoms in total. The summed E-state index contributed by atoms with van der Waals surface area (Å²) < 4.78 is 0. The highest BCUT2D eigenvalue weighted by molar-refractivity contribution is 5.96. The van der Waals surface area contributed by atoms with Crippen molar-refractivity contribution in [1.29, 1.82) is 0 Å². The van der Waals surface area contributed by atoms with E-state index >= 15 is 0 Å². The third-order valence-electron chi connectivity index (χ3n) is 2.98. The predicted octanol–water partition coefficient (Wildman–Crippen LogP) is 4.21. The minimum Gasteiger partial charge on any atom is -0.264 e. The van der Waals surface area contributed by atoms with Gasteiger partial charge in [0.2, 0.25) is 0 Å². The van der Waals surface area contributed by atoms with Crippen LogP contribution in [0.15, 0.2) is 60.9 Å². The van der Waals surface area contributed by atoms with Gasteiger partial charge >= 0.3 is 0 Å². The van der Waals surface area contributed by atoms with E-state index in [1.54, 1.807) is 0 Å². The maximum absolute atomic E-state index is 4.23. The molecule has 0 N–H and O–H groups in total. The summed E-state index contributed by atoms with van der Waals surface area (Å²) in [6, 6.07) is 16.9. The van der Waals surface area contributed by atoms with Gasteiger partial charge in [0.05, 0.1) is 0 Å². The number of aryl methyl sites for hydroxylation is 1. The van der Waals surface area contributed by atoms with E-state index in [4.69, 9.17) is 0 Å². The number of pyridine rings is 1. The van der Waals surface area contributed by atoms with Crippen LogP contribution in [0.2, 0.25) is 0 Å². The number of fused-ring (bicyclic) bond motifs is 1. The van der Waals surface area contributed by atoms with E-state index in [1.165, 1.54) is 27.5 Å². The van der Waals surface area contributed by atoms with Crippen LogP contribution in [0.3, 0.4) is 0 Å². The van der Waals surface area contributed by atoms with Crippen LogP contribution in [0, 0.1) is 6.92 Å². The molecule has 0 aliphatic heterocycles. The van der Waals surface area contributed by atoms with Gasteiger partial charge in [0.15, 0.2) is 0 Å². The molecule has 2 aromatic carbocycles. The lowest BCUT2D eigenvalue weighted by atomic mass is 9.97. The fourth-order valence-corrected chi connectivity index (χ4v) is 2.21. The lowest BCUT2D eigenvalue weighted by Gasteiger charge is -2.08. The molecule has 0 fully saturated rings. The predicted molar refractivity (Wildman–Crippen MR) is 71.9 cm³/mol. The summed E-state index contributed by atoms with van der Waals surface area (Å²) in [7, 11) is 0. The van der Waals surface area contributed by atoms with Crippen LogP contribution in [-0.4, -0.2) is 4.98 Å². The molecule has 0 atom stereocenters. The first kappa shape index (κ1) is 10.0. The van der Waals surface area contributed by atoms with Gasteiger partial charge in [0.25, 0.3) is 0 Å². The number of nitrogens with zero attached hydrogens (tertiary/aromatic N) is 1. The summed E-state index contributed by atoms with van der Waals surface area (Å²) in [6.07, 6.45) is 3.79. The zero-order valence-corrected chi connectivity index (χ0v) is 9.72. The average Bonchev–Trinajstić information content (AvgIpc) is 2.39. The lowest BCUT2D eigenvalue weighted by Crippen LogP contribution is -1.84. The molecule has 17 heavy (non-hydrogen) atoms. The Morgan fingerprint density at radius 1 is 0.941 bits per heavy atom. The monoisotopic (exact) mass is 219 g/mol. The average molecular weight is 219 g/mol. The number of rotatable bonds is 1. The van der Waals surface area contributed by atoms with Crippen molar-refractivity contribution in [3.05, 3.63) is 66.5 Å². The molecule has 0 radical (unpaired) electrons. The molecule has 82 valence electrons. The molecule has 0 saturated heterocycles. The van der Waals surface area contributed by atoms with Gasteiger partial charge in [-0.1, -0.05) is 42.5 Å². The third kappa shape index (κ3) is 1.80. The quantitative estimate of drug-likeness (QED) is 0.597. The van der Waals surface area contributed by atoms with Crippen molar-refractivity contribution in [2.24, 2.45) is 0 Å². The molecule has 0 spiro atoms. The Labute approximate surface area is 101 Å². The maximum Gasteiger partial charge on any atom is 0.0352 e. The van der Waals surface area contributed by atoms with Gasteiger partial charge in [-0.2, -0.15) is 0 Å². The first-order valence-corrected chi connectivity index (χ1v) is 5.74. The Kier molecular flexibility index (Phi) is 2.37. The molecule has 0 unspecified atom stereocenters. The van der Waals surface area contributed by atoms with Crippen molar-refractivity contribution in [1.82, 2.24) is 4.98 Å². The van der Waals surface area contributed by atoms with Crippen molar-refractivity contribution >= 4 is 10.8 Å². The zero-order chi connectivity index (χ0) is 11.7. The molecule has 1 aromatic heterocycles. The van der Waals surface area contributed by atoms with Gasteiger partial charge in [-0.3, -0.25) is 4.98 Å². The lowest BCUT2D eigenvalue weighted by molar-refractivity contribution is 1.36. The first-order chi connectivity index (χ1) is 8.34. The molecule has 0 aliphatic carbocycles. The Balaban J connectivity index is 2.36. The van der Waals surface area contributed by atoms with Gasteiger partial charge in [-0.25, -0.2) is 0 Å². The van der Waals surface area contributed by atoms with E-state index in [0.29, 0.717) is 0 Å². The van der Waals surface area contributed by atoms with Crippen LogP contribution in [0.1, 0.15) is 5.56 Å². The summed E-state index contributed by atoms with van der Waals surface area (Å²) in [5.74, 6) is 0. The maximum atomic E-state index is 4.23. The number of benzene rings is 2. The summed E-state index contributed by atoms with van der Waals surface area (Å²) in [6.45, 7) is 2.13. The standard InChI is InChI=1S/C16H13N/c1-12-9-14-7-8-17-11-16(14)15(10-12)13-5-3-2-4-6-13/h2-11H,1H3. The molecule has 3 aromatic rings. The van der Waals surface area contributed by atoms with Gasteiger partial charge < -0.3 is 0 Å². The van der Waals surface area contributed by atoms with E-state index in [2.05, 4.69) is 54.4 Å². The molecule has 0 aliphatic rings. The fraction of sp³-hybridized carbons (Fsp3) is 0.0625. The molecule has 1 heteroatoms. The Morgan fingerprint density at radius 2 is 1.76 bits per heavy atom. The van der Waals surface area contributed by atoms with Crippen molar-refractivity contribution < 1.29 is 0 Å². The fourth-order valence-electron chi connectivity index (χ4n) is 2.21. The minimum absolute atomic E-state index is 1.21. The summed E-state index contributed by atoms with van der Waals surface area (Å²) >= 11 is 0. The van der Waals surface area contributed by atoms with Gasteiger partial charge in [-0.05, 0) is 35.1 Å². The highest BCUT2D eigenvalue weighted by atomic mass is 14.6. The number of aromatic nitrogens is 1. The van der Waals surface area contributed by atoms with Crippen LogP contribution in [0.25, 0.3) is 21.9 Å². The second-order valence-corrected chi connectivity index (χ2v) is 4.28. The molecule has 0 bridgehead atoms. The number of hydrogen-bond donors (Lipinski definition) is 0. The van der Waals surface area contributed by atoms with E-state index < -0.39 is 0 Å². The highest BCUT2D eigenvalue weighted by Gasteiger charge is 2.04.